The van der Waals surface area contributed by atoms with Gasteiger partial charge in [-0.15, -0.1) is 0 Å². The average molecular weight is 271 g/mol. The Kier molecular flexibility index (Phi) is 4.96. The molecule has 5 heteroatoms. The Morgan fingerprint density at radius 2 is 1.74 bits per heavy atom. The second kappa shape index (κ2) is 5.90. The van der Waals surface area contributed by atoms with Gasteiger partial charge in [0.15, 0.2) is 0 Å². The molecule has 1 amide bonds. The van der Waals surface area contributed by atoms with Crippen molar-refractivity contribution < 1.29 is 19.1 Å². The lowest BCUT2D eigenvalue weighted by molar-refractivity contribution is -0.133. The summed E-state index contributed by atoms with van der Waals surface area (Å²) in [5, 5.41) is 0. The van der Waals surface area contributed by atoms with E-state index in [-0.39, 0.29) is 11.9 Å². The predicted molar refractivity (Wildman–Crippen MR) is 72.0 cm³/mol. The van der Waals surface area contributed by atoms with Crippen LogP contribution in [0.4, 0.5) is 4.79 Å². The van der Waals surface area contributed by atoms with Crippen molar-refractivity contribution in [1.82, 2.24) is 4.90 Å². The van der Waals surface area contributed by atoms with Crippen molar-refractivity contribution in [2.75, 3.05) is 26.8 Å². The maximum Gasteiger partial charge on any atom is 0.410 e. The van der Waals surface area contributed by atoms with E-state index in [1.165, 1.54) is 0 Å². The van der Waals surface area contributed by atoms with E-state index < -0.39 is 11.0 Å². The van der Waals surface area contributed by atoms with Crippen molar-refractivity contribution in [3.8, 4) is 0 Å². The first-order valence-corrected chi connectivity index (χ1v) is 6.68. The highest BCUT2D eigenvalue weighted by Crippen LogP contribution is 2.33. The topological polar surface area (TPSA) is 55.8 Å². The first-order chi connectivity index (χ1) is 8.70. The predicted octanol–water partition coefficient (Wildman–Crippen LogP) is 2.24. The maximum atomic E-state index is 11.9. The van der Waals surface area contributed by atoms with Crippen LogP contribution >= 0.6 is 0 Å². The van der Waals surface area contributed by atoms with E-state index in [0.717, 1.165) is 0 Å². The number of hydrogen-bond donors (Lipinski definition) is 0. The number of methoxy groups -OCH3 is 1. The highest BCUT2D eigenvalue weighted by Gasteiger charge is 2.40. The molecule has 19 heavy (non-hydrogen) atoms. The highest BCUT2D eigenvalue weighted by atomic mass is 16.6. The number of hydrogen-bond acceptors (Lipinski definition) is 4. The molecule has 1 rings (SSSR count). The Labute approximate surface area is 115 Å². The molecule has 0 aromatic heterocycles. The van der Waals surface area contributed by atoms with E-state index in [1.54, 1.807) is 18.9 Å². The molecule has 1 aliphatic rings. The fourth-order valence-electron chi connectivity index (χ4n) is 2.32. The molecular formula is C14H25NO4. The first kappa shape index (κ1) is 16.0. The molecule has 0 bridgehead atoms. The van der Waals surface area contributed by atoms with Gasteiger partial charge < -0.3 is 14.4 Å². The van der Waals surface area contributed by atoms with E-state index in [4.69, 9.17) is 9.47 Å². The molecule has 0 aliphatic carbocycles. The van der Waals surface area contributed by atoms with Gasteiger partial charge in [-0.1, -0.05) is 0 Å². The summed E-state index contributed by atoms with van der Waals surface area (Å²) < 4.78 is 10.5. The summed E-state index contributed by atoms with van der Waals surface area (Å²) in [4.78, 5) is 25.4. The molecule has 0 aromatic rings. The molecule has 0 atom stereocenters. The number of ketones is 1. The van der Waals surface area contributed by atoms with Gasteiger partial charge in [0, 0.05) is 20.2 Å². The maximum absolute atomic E-state index is 11.9. The smallest absolute Gasteiger partial charge is 0.410 e. The van der Waals surface area contributed by atoms with E-state index in [1.807, 2.05) is 20.8 Å². The largest absolute Gasteiger partial charge is 0.444 e. The molecule has 110 valence electrons. The minimum Gasteiger partial charge on any atom is -0.444 e. The van der Waals surface area contributed by atoms with Gasteiger partial charge in [-0.3, -0.25) is 4.79 Å². The lowest BCUT2D eigenvalue weighted by Crippen LogP contribution is -2.49. The molecule has 1 heterocycles. The standard InChI is InChI=1S/C14H25NO4/c1-11(16)14(10-18-5)6-8-15(9-7-14)12(17)19-13(2,3)4/h6-10H2,1-5H3. The minimum atomic E-state index is -0.487. The van der Waals surface area contributed by atoms with Crippen molar-refractivity contribution >= 4 is 11.9 Å². The average Bonchev–Trinajstić information content (AvgIpc) is 2.27. The molecule has 0 radical (unpaired) electrons. The molecule has 0 unspecified atom stereocenters. The third-order valence-corrected chi connectivity index (χ3v) is 3.54. The van der Waals surface area contributed by atoms with Crippen molar-refractivity contribution in [2.24, 2.45) is 5.41 Å². The van der Waals surface area contributed by atoms with Crippen LogP contribution in [0.1, 0.15) is 40.5 Å². The monoisotopic (exact) mass is 271 g/mol. The fourth-order valence-corrected chi connectivity index (χ4v) is 2.32. The highest BCUT2D eigenvalue weighted by molar-refractivity contribution is 5.83. The molecule has 1 aliphatic heterocycles. The van der Waals surface area contributed by atoms with Gasteiger partial charge in [0.1, 0.15) is 11.4 Å². The van der Waals surface area contributed by atoms with Crippen LogP contribution in [0.25, 0.3) is 0 Å². The van der Waals surface area contributed by atoms with Gasteiger partial charge in [0.2, 0.25) is 0 Å². The SMILES string of the molecule is COCC1(C(C)=O)CCN(C(=O)OC(C)(C)C)CC1. The van der Waals surface area contributed by atoms with Gasteiger partial charge in [0.25, 0.3) is 0 Å². The van der Waals surface area contributed by atoms with Crippen molar-refractivity contribution in [1.29, 1.82) is 0 Å². The van der Waals surface area contributed by atoms with Crippen LogP contribution in [0.15, 0.2) is 0 Å². The number of likely N-dealkylation sites (tertiary alicyclic amines) is 1. The number of Topliss-reactive ketones (excluding diaryl/α,β-unsaturated/α-hetero) is 1. The Hall–Kier alpha value is -1.10. The van der Waals surface area contributed by atoms with Crippen molar-refractivity contribution in [2.45, 2.75) is 46.1 Å². The van der Waals surface area contributed by atoms with Crippen LogP contribution in [0.5, 0.6) is 0 Å². The third kappa shape index (κ3) is 4.20. The normalized spacial score (nSPS) is 19.1. The van der Waals surface area contributed by atoms with Crippen LogP contribution in [0.3, 0.4) is 0 Å². The molecule has 0 saturated carbocycles. The molecule has 0 aromatic carbocycles. The van der Waals surface area contributed by atoms with Gasteiger partial charge >= 0.3 is 6.09 Å². The summed E-state index contributed by atoms with van der Waals surface area (Å²) in [6.07, 6.45) is 0.965. The number of nitrogens with zero attached hydrogens (tertiary/aromatic N) is 1. The zero-order chi connectivity index (χ0) is 14.7. The van der Waals surface area contributed by atoms with Gasteiger partial charge in [-0.25, -0.2) is 4.79 Å². The second-order valence-corrected chi connectivity index (χ2v) is 6.24. The number of carbonyl (C=O) groups excluding carboxylic acids is 2. The summed E-state index contributed by atoms with van der Waals surface area (Å²) in [6.45, 7) is 8.64. The van der Waals surface area contributed by atoms with Gasteiger partial charge in [-0.2, -0.15) is 0 Å². The lowest BCUT2D eigenvalue weighted by Gasteiger charge is -2.39. The van der Waals surface area contributed by atoms with E-state index in [2.05, 4.69) is 0 Å². The molecule has 1 saturated heterocycles. The summed E-state index contributed by atoms with van der Waals surface area (Å²) in [5.41, 5.74) is -0.925. The number of carbonyl (C=O) groups is 2. The summed E-state index contributed by atoms with van der Waals surface area (Å²) in [6, 6.07) is 0. The number of amides is 1. The van der Waals surface area contributed by atoms with E-state index >= 15 is 0 Å². The number of ether oxygens (including phenoxy) is 2. The van der Waals surface area contributed by atoms with Gasteiger partial charge in [-0.05, 0) is 40.5 Å². The van der Waals surface area contributed by atoms with Crippen LogP contribution in [0, 0.1) is 5.41 Å². The quantitative estimate of drug-likeness (QED) is 0.790. The zero-order valence-corrected chi connectivity index (χ0v) is 12.6. The van der Waals surface area contributed by atoms with Crippen molar-refractivity contribution in [3.05, 3.63) is 0 Å². The van der Waals surface area contributed by atoms with Crippen LogP contribution in [-0.2, 0) is 14.3 Å². The van der Waals surface area contributed by atoms with Gasteiger partial charge in [0.05, 0.1) is 12.0 Å². The summed E-state index contributed by atoms with van der Waals surface area (Å²) >= 11 is 0. The molecule has 5 nitrogen and oxygen atoms in total. The fraction of sp³-hybridized carbons (Fsp3) is 0.857. The summed E-state index contributed by atoms with van der Waals surface area (Å²) in [7, 11) is 1.60. The van der Waals surface area contributed by atoms with Crippen LogP contribution < -0.4 is 0 Å². The van der Waals surface area contributed by atoms with Crippen LogP contribution in [-0.4, -0.2) is 49.2 Å². The molecule has 1 fully saturated rings. The first-order valence-electron chi connectivity index (χ1n) is 6.68. The number of rotatable bonds is 3. The Morgan fingerprint density at radius 1 is 1.21 bits per heavy atom. The van der Waals surface area contributed by atoms with Crippen molar-refractivity contribution in [3.63, 3.8) is 0 Å². The van der Waals surface area contributed by atoms with E-state index in [0.29, 0.717) is 32.5 Å². The van der Waals surface area contributed by atoms with E-state index in [9.17, 15) is 9.59 Å². The number of piperidine rings is 1. The molecular weight excluding hydrogens is 246 g/mol. The molecule has 0 spiro atoms. The summed E-state index contributed by atoms with van der Waals surface area (Å²) in [5.74, 6) is 0.137. The Morgan fingerprint density at radius 3 is 2.11 bits per heavy atom. The third-order valence-electron chi connectivity index (χ3n) is 3.54. The Balaban J connectivity index is 2.61. The van der Waals surface area contributed by atoms with Crippen LogP contribution in [0.2, 0.25) is 0 Å². The molecule has 0 N–H and O–H groups in total. The zero-order valence-electron chi connectivity index (χ0n) is 12.6. The lowest BCUT2D eigenvalue weighted by atomic mass is 9.76. The second-order valence-electron chi connectivity index (χ2n) is 6.24. The minimum absolute atomic E-state index is 0.137. The Bertz CT molecular complexity index is 338.